The third kappa shape index (κ3) is 2.36. The van der Waals surface area contributed by atoms with Gasteiger partial charge in [0.05, 0.1) is 6.54 Å². The van der Waals surface area contributed by atoms with Crippen molar-refractivity contribution >= 4 is 23.3 Å². The Morgan fingerprint density at radius 3 is 2.28 bits per heavy atom. The minimum Gasteiger partial charge on any atom is -0.383 e. The second-order valence-electron chi connectivity index (χ2n) is 5.77. The van der Waals surface area contributed by atoms with E-state index in [2.05, 4.69) is 0 Å². The van der Waals surface area contributed by atoms with Crippen molar-refractivity contribution in [2.75, 3.05) is 16.8 Å². The second kappa shape index (κ2) is 5.41. The Morgan fingerprint density at radius 2 is 1.56 bits per heavy atom. The Morgan fingerprint density at radius 1 is 0.920 bits per heavy atom. The van der Waals surface area contributed by atoms with Crippen LogP contribution in [0.4, 0.5) is 20.2 Å². The van der Waals surface area contributed by atoms with Crippen LogP contribution >= 0.6 is 0 Å². The molecule has 0 saturated carbocycles. The van der Waals surface area contributed by atoms with E-state index in [1.54, 1.807) is 13.1 Å². The number of likely N-dealkylation sites (N-methyl/N-ethyl adjacent to an activating group) is 1. The molecule has 0 atom stereocenters. The van der Waals surface area contributed by atoms with Crippen molar-refractivity contribution in [1.82, 2.24) is 0 Å². The average Bonchev–Trinajstić information content (AvgIpc) is 2.79. The van der Waals surface area contributed by atoms with Gasteiger partial charge in [-0.15, -0.1) is 0 Å². The normalized spacial score (nSPS) is 16.6. The number of anilines is 2. The van der Waals surface area contributed by atoms with Crippen LogP contribution in [0.25, 0.3) is 0 Å². The summed E-state index contributed by atoms with van der Waals surface area (Å²) in [5.74, 6) is -2.42. The van der Waals surface area contributed by atoms with Gasteiger partial charge in [0, 0.05) is 18.4 Å². The molecule has 2 aromatic rings. The third-order valence-corrected chi connectivity index (χ3v) is 4.27. The second-order valence-corrected chi connectivity index (χ2v) is 5.77. The SMILES string of the molecule is CN1C2=C(C(=O)OC2=O)N(c2ccc(F)cc2)Cc2cc(F)ccc21. The number of fused-ring (bicyclic) bond motifs is 1. The summed E-state index contributed by atoms with van der Waals surface area (Å²) >= 11 is 0. The highest BCUT2D eigenvalue weighted by Gasteiger charge is 2.42. The van der Waals surface area contributed by atoms with Crippen molar-refractivity contribution in [3.63, 3.8) is 0 Å². The Labute approximate surface area is 141 Å². The topological polar surface area (TPSA) is 49.9 Å². The largest absolute Gasteiger partial charge is 0.383 e. The van der Waals surface area contributed by atoms with Crippen LogP contribution in [0.3, 0.4) is 0 Å². The van der Waals surface area contributed by atoms with Crippen LogP contribution < -0.4 is 9.80 Å². The van der Waals surface area contributed by atoms with Crippen LogP contribution in [-0.4, -0.2) is 19.0 Å². The number of carbonyl (C=O) groups is 2. The molecular weight excluding hydrogens is 330 g/mol. The fourth-order valence-electron chi connectivity index (χ4n) is 3.13. The number of hydrogen-bond donors (Lipinski definition) is 0. The number of esters is 2. The van der Waals surface area contributed by atoms with Gasteiger partial charge in [0.1, 0.15) is 11.6 Å². The smallest absolute Gasteiger partial charge is 0.365 e. The molecular formula is C18H12F2N2O3. The van der Waals surface area contributed by atoms with Crippen molar-refractivity contribution in [1.29, 1.82) is 0 Å². The van der Waals surface area contributed by atoms with E-state index >= 15 is 0 Å². The monoisotopic (exact) mass is 342 g/mol. The molecule has 2 aliphatic heterocycles. The van der Waals surface area contributed by atoms with Gasteiger partial charge in [0.2, 0.25) is 0 Å². The molecule has 2 heterocycles. The molecule has 25 heavy (non-hydrogen) atoms. The van der Waals surface area contributed by atoms with Crippen molar-refractivity contribution < 1.29 is 23.1 Å². The number of carbonyl (C=O) groups excluding carboxylic acids is 2. The summed E-state index contributed by atoms with van der Waals surface area (Å²) in [4.78, 5) is 27.5. The van der Waals surface area contributed by atoms with E-state index in [0.717, 1.165) is 0 Å². The Kier molecular flexibility index (Phi) is 3.31. The summed E-state index contributed by atoms with van der Waals surface area (Å²) in [5.41, 5.74) is 1.79. The van der Waals surface area contributed by atoms with Gasteiger partial charge >= 0.3 is 11.9 Å². The molecule has 0 radical (unpaired) electrons. The molecule has 5 nitrogen and oxygen atoms in total. The van der Waals surface area contributed by atoms with E-state index < -0.39 is 23.6 Å². The predicted octanol–water partition coefficient (Wildman–Crippen LogP) is 2.72. The van der Waals surface area contributed by atoms with Crippen molar-refractivity contribution in [2.45, 2.75) is 6.54 Å². The lowest BCUT2D eigenvalue weighted by molar-refractivity contribution is -0.151. The molecule has 0 N–H and O–H groups in total. The maximum atomic E-state index is 13.7. The molecule has 0 spiro atoms. The summed E-state index contributed by atoms with van der Waals surface area (Å²) in [6.07, 6.45) is 0. The summed E-state index contributed by atoms with van der Waals surface area (Å²) in [6, 6.07) is 9.64. The molecule has 0 unspecified atom stereocenters. The quantitative estimate of drug-likeness (QED) is 0.589. The molecule has 0 aliphatic carbocycles. The number of nitrogens with zero attached hydrogens (tertiary/aromatic N) is 2. The van der Waals surface area contributed by atoms with Gasteiger partial charge in [-0.25, -0.2) is 18.4 Å². The highest BCUT2D eigenvalue weighted by atomic mass is 19.1. The Bertz CT molecular complexity index is 938. The first-order chi connectivity index (χ1) is 12.0. The Hall–Kier alpha value is -3.22. The van der Waals surface area contributed by atoms with Crippen LogP contribution in [0, 0.1) is 11.6 Å². The maximum absolute atomic E-state index is 13.7. The number of ether oxygens (including phenoxy) is 1. The fraction of sp³-hybridized carbons (Fsp3) is 0.111. The molecule has 126 valence electrons. The van der Waals surface area contributed by atoms with E-state index in [1.165, 1.54) is 46.2 Å². The standard InChI is InChI=1S/C18H12F2N2O3/c1-21-14-7-4-12(20)8-10(14)9-22(13-5-2-11(19)3-6-13)16-15(21)17(23)25-18(16)24/h2-8H,9H2,1H3. The van der Waals surface area contributed by atoms with Crippen LogP contribution in [0.2, 0.25) is 0 Å². The van der Waals surface area contributed by atoms with Gasteiger partial charge in [-0.05, 0) is 48.0 Å². The van der Waals surface area contributed by atoms with Crippen LogP contribution in [-0.2, 0) is 20.9 Å². The minimum absolute atomic E-state index is 0.0516. The first-order valence-electron chi connectivity index (χ1n) is 7.52. The summed E-state index contributed by atoms with van der Waals surface area (Å²) in [6.45, 7) is 0.129. The van der Waals surface area contributed by atoms with E-state index in [-0.39, 0.29) is 17.9 Å². The zero-order chi connectivity index (χ0) is 17.7. The first-order valence-corrected chi connectivity index (χ1v) is 7.52. The van der Waals surface area contributed by atoms with Gasteiger partial charge in [-0.2, -0.15) is 0 Å². The molecule has 4 rings (SSSR count). The van der Waals surface area contributed by atoms with Crippen molar-refractivity contribution in [2.24, 2.45) is 0 Å². The molecule has 0 bridgehead atoms. The zero-order valence-electron chi connectivity index (χ0n) is 13.1. The predicted molar refractivity (Wildman–Crippen MR) is 85.5 cm³/mol. The highest BCUT2D eigenvalue weighted by Crippen LogP contribution is 2.37. The van der Waals surface area contributed by atoms with Gasteiger partial charge < -0.3 is 14.5 Å². The fourth-order valence-corrected chi connectivity index (χ4v) is 3.13. The van der Waals surface area contributed by atoms with Gasteiger partial charge in [-0.1, -0.05) is 0 Å². The third-order valence-electron chi connectivity index (χ3n) is 4.27. The molecule has 0 fully saturated rings. The molecule has 7 heteroatoms. The van der Waals surface area contributed by atoms with E-state index in [9.17, 15) is 18.4 Å². The summed E-state index contributed by atoms with van der Waals surface area (Å²) < 4.78 is 31.7. The summed E-state index contributed by atoms with van der Waals surface area (Å²) in [7, 11) is 1.61. The van der Waals surface area contributed by atoms with Gasteiger partial charge in [0.25, 0.3) is 0 Å². The zero-order valence-corrected chi connectivity index (χ0v) is 13.1. The molecule has 0 aromatic heterocycles. The van der Waals surface area contributed by atoms with Crippen molar-refractivity contribution in [3.05, 3.63) is 71.1 Å². The number of rotatable bonds is 1. The molecule has 2 aromatic carbocycles. The summed E-state index contributed by atoms with van der Waals surface area (Å²) in [5, 5.41) is 0. The van der Waals surface area contributed by atoms with Crippen molar-refractivity contribution in [3.8, 4) is 0 Å². The molecule has 0 amide bonds. The van der Waals surface area contributed by atoms with E-state index in [1.807, 2.05) is 0 Å². The Balaban J connectivity index is 1.95. The number of halogens is 2. The number of benzene rings is 2. The van der Waals surface area contributed by atoms with E-state index in [0.29, 0.717) is 16.9 Å². The minimum atomic E-state index is -0.788. The first kappa shape index (κ1) is 15.3. The maximum Gasteiger partial charge on any atom is 0.365 e. The van der Waals surface area contributed by atoms with Crippen LogP contribution in [0.1, 0.15) is 5.56 Å². The van der Waals surface area contributed by atoms with E-state index in [4.69, 9.17) is 4.74 Å². The number of hydrogen-bond acceptors (Lipinski definition) is 5. The van der Waals surface area contributed by atoms with Gasteiger partial charge in [-0.3, -0.25) is 0 Å². The molecule has 2 aliphatic rings. The lowest BCUT2D eigenvalue weighted by Gasteiger charge is -2.23. The number of cyclic esters (lactones) is 2. The lowest BCUT2D eigenvalue weighted by atomic mass is 10.1. The molecule has 0 saturated heterocycles. The highest BCUT2D eigenvalue weighted by molar-refractivity contribution is 6.16. The van der Waals surface area contributed by atoms with Crippen LogP contribution in [0.5, 0.6) is 0 Å². The lowest BCUT2D eigenvalue weighted by Crippen LogP contribution is -2.26. The average molecular weight is 342 g/mol. The van der Waals surface area contributed by atoms with Crippen LogP contribution in [0.15, 0.2) is 53.9 Å². The van der Waals surface area contributed by atoms with Gasteiger partial charge in [0.15, 0.2) is 11.4 Å².